The van der Waals surface area contributed by atoms with Crippen LogP contribution in [0.4, 0.5) is 24.5 Å². The van der Waals surface area contributed by atoms with Crippen LogP contribution in [0, 0.1) is 17.5 Å². The summed E-state index contributed by atoms with van der Waals surface area (Å²) in [5.41, 5.74) is 3.10. The number of rotatable bonds is 4. The number of benzene rings is 3. The molecule has 0 unspecified atom stereocenters. The molecule has 0 aliphatic carbocycles. The average Bonchev–Trinajstić information content (AvgIpc) is 3.11. The third kappa shape index (κ3) is 3.85. The summed E-state index contributed by atoms with van der Waals surface area (Å²) in [5.74, 6) is -3.80. The normalized spacial score (nSPS) is 13.2. The summed E-state index contributed by atoms with van der Waals surface area (Å²) >= 11 is 5.90. The second-order valence-electron chi connectivity index (χ2n) is 6.57. The van der Waals surface area contributed by atoms with Crippen LogP contribution in [0.1, 0.15) is 15.9 Å². The van der Waals surface area contributed by atoms with Crippen LogP contribution in [0.3, 0.4) is 0 Å². The monoisotopic (exact) mass is 467 g/mol. The van der Waals surface area contributed by atoms with Crippen molar-refractivity contribution < 1.29 is 26.4 Å². The minimum atomic E-state index is -4.42. The van der Waals surface area contributed by atoms with Gasteiger partial charge in [0.1, 0.15) is 22.3 Å². The largest absolute Gasteiger partial charge is 0.322 e. The van der Waals surface area contributed by atoms with Gasteiger partial charge in [0.2, 0.25) is 0 Å². The summed E-state index contributed by atoms with van der Waals surface area (Å²) in [4.78, 5) is 11.7. The first-order chi connectivity index (χ1) is 14.7. The predicted octanol–water partition coefficient (Wildman–Crippen LogP) is 4.22. The summed E-state index contributed by atoms with van der Waals surface area (Å²) in [5, 5.41) is 2.38. The van der Waals surface area contributed by atoms with Gasteiger partial charge in [-0.3, -0.25) is 4.79 Å². The number of carbonyl (C=O) groups is 1. The van der Waals surface area contributed by atoms with E-state index in [1.54, 1.807) is 6.07 Å². The van der Waals surface area contributed by atoms with Crippen molar-refractivity contribution in [1.82, 2.24) is 5.43 Å². The van der Waals surface area contributed by atoms with E-state index in [-0.39, 0.29) is 28.5 Å². The Morgan fingerprint density at radius 2 is 1.81 bits per heavy atom. The Kier molecular flexibility index (Phi) is 5.38. The molecule has 0 radical (unpaired) electrons. The topological polar surface area (TPSA) is 78.5 Å². The minimum Gasteiger partial charge on any atom is -0.322 e. The van der Waals surface area contributed by atoms with Crippen LogP contribution >= 0.6 is 11.6 Å². The van der Waals surface area contributed by atoms with Crippen LogP contribution in [0.25, 0.3) is 0 Å². The zero-order valence-electron chi connectivity index (χ0n) is 15.5. The Morgan fingerprint density at radius 1 is 1.03 bits per heavy atom. The molecule has 0 fully saturated rings. The molecule has 0 saturated carbocycles. The smallest absolute Gasteiger partial charge is 0.280 e. The highest BCUT2D eigenvalue weighted by Crippen LogP contribution is 2.34. The van der Waals surface area contributed by atoms with E-state index in [0.29, 0.717) is 11.6 Å². The van der Waals surface area contributed by atoms with E-state index in [4.69, 9.17) is 11.6 Å². The number of nitrogens with zero attached hydrogens (tertiary/aromatic N) is 1. The summed E-state index contributed by atoms with van der Waals surface area (Å²) in [6.45, 7) is 0.116. The van der Waals surface area contributed by atoms with E-state index in [1.165, 1.54) is 24.3 Å². The van der Waals surface area contributed by atoms with Crippen LogP contribution in [0.2, 0.25) is 5.02 Å². The van der Waals surface area contributed by atoms with Crippen LogP contribution in [0.15, 0.2) is 59.5 Å². The second-order valence-corrected chi connectivity index (χ2v) is 8.74. The number of hydrogen-bond acceptors (Lipinski definition) is 4. The predicted molar refractivity (Wildman–Crippen MR) is 109 cm³/mol. The first-order valence-electron chi connectivity index (χ1n) is 8.80. The van der Waals surface area contributed by atoms with Crippen LogP contribution in [0.5, 0.6) is 0 Å². The van der Waals surface area contributed by atoms with Gasteiger partial charge in [0.05, 0.1) is 16.3 Å². The molecule has 31 heavy (non-hydrogen) atoms. The van der Waals surface area contributed by atoms with Gasteiger partial charge in [-0.2, -0.15) is 12.8 Å². The van der Waals surface area contributed by atoms with E-state index in [2.05, 4.69) is 10.7 Å². The number of hydrogen-bond donors (Lipinski definition) is 2. The fraction of sp³-hybridized carbons (Fsp3) is 0.0500. The highest BCUT2D eigenvalue weighted by atomic mass is 35.5. The van der Waals surface area contributed by atoms with Crippen molar-refractivity contribution in [2.24, 2.45) is 0 Å². The van der Waals surface area contributed by atoms with Gasteiger partial charge in [-0.1, -0.05) is 23.7 Å². The van der Waals surface area contributed by atoms with Crippen molar-refractivity contribution in [3.05, 3.63) is 88.2 Å². The van der Waals surface area contributed by atoms with Gasteiger partial charge < -0.3 is 5.32 Å². The molecule has 4 rings (SSSR count). The molecule has 0 bridgehead atoms. The number of sulfonamides is 1. The maximum Gasteiger partial charge on any atom is 0.280 e. The van der Waals surface area contributed by atoms with Gasteiger partial charge in [-0.25, -0.2) is 18.6 Å². The summed E-state index contributed by atoms with van der Waals surface area (Å²) < 4.78 is 67.9. The lowest BCUT2D eigenvalue weighted by Gasteiger charge is -2.20. The quantitative estimate of drug-likeness (QED) is 0.602. The number of halogens is 4. The van der Waals surface area contributed by atoms with Gasteiger partial charge in [0.25, 0.3) is 15.9 Å². The highest BCUT2D eigenvalue weighted by Gasteiger charge is 2.33. The van der Waals surface area contributed by atoms with Crippen molar-refractivity contribution in [3.63, 3.8) is 0 Å². The Balaban J connectivity index is 1.67. The molecule has 1 aliphatic heterocycles. The van der Waals surface area contributed by atoms with Crippen molar-refractivity contribution in [3.8, 4) is 0 Å². The summed E-state index contributed by atoms with van der Waals surface area (Å²) in [7, 11) is -4.42. The third-order valence-electron chi connectivity index (χ3n) is 4.58. The van der Waals surface area contributed by atoms with Gasteiger partial charge in [0.15, 0.2) is 0 Å². The van der Waals surface area contributed by atoms with E-state index < -0.39 is 38.3 Å². The molecule has 160 valence electrons. The van der Waals surface area contributed by atoms with Gasteiger partial charge in [0, 0.05) is 18.3 Å². The summed E-state index contributed by atoms with van der Waals surface area (Å²) in [6, 6.07) is 10.3. The molecule has 0 spiro atoms. The van der Waals surface area contributed by atoms with Crippen LogP contribution in [-0.4, -0.2) is 14.3 Å². The van der Waals surface area contributed by atoms with Crippen molar-refractivity contribution in [2.45, 2.75) is 11.4 Å². The number of nitrogens with one attached hydrogen (secondary N) is 2. The molecule has 0 atom stereocenters. The fourth-order valence-corrected chi connectivity index (χ4v) is 4.78. The molecular weight excluding hydrogens is 455 g/mol. The number of carbonyl (C=O) groups excluding carboxylic acids is 1. The van der Waals surface area contributed by atoms with Crippen LogP contribution in [-0.2, 0) is 16.6 Å². The lowest BCUT2D eigenvalue weighted by molar-refractivity contribution is 0.102. The molecule has 3 aromatic carbocycles. The van der Waals surface area contributed by atoms with Crippen molar-refractivity contribution in [1.29, 1.82) is 0 Å². The molecule has 0 aromatic heterocycles. The number of anilines is 2. The number of amides is 1. The molecule has 11 heteroatoms. The Bertz CT molecular complexity index is 1300. The first-order valence-corrected chi connectivity index (χ1v) is 10.6. The Morgan fingerprint density at radius 3 is 2.52 bits per heavy atom. The Labute approximate surface area is 180 Å². The zero-order valence-corrected chi connectivity index (χ0v) is 17.1. The van der Waals surface area contributed by atoms with Gasteiger partial charge in [-0.05, 0) is 42.0 Å². The van der Waals surface area contributed by atoms with E-state index in [1.807, 2.05) is 0 Å². The molecule has 3 aromatic rings. The van der Waals surface area contributed by atoms with Crippen LogP contribution < -0.4 is 15.2 Å². The molecule has 1 aliphatic rings. The highest BCUT2D eigenvalue weighted by molar-refractivity contribution is 7.92. The minimum absolute atomic E-state index is 0.0867. The molecule has 6 nitrogen and oxygen atoms in total. The van der Waals surface area contributed by atoms with Gasteiger partial charge in [-0.15, -0.1) is 0 Å². The first kappa shape index (κ1) is 21.2. The average molecular weight is 468 g/mol. The second kappa shape index (κ2) is 7.88. The molecule has 0 saturated heterocycles. The van der Waals surface area contributed by atoms with Gasteiger partial charge >= 0.3 is 0 Å². The lowest BCUT2D eigenvalue weighted by atomic mass is 10.1. The molecule has 2 N–H and O–H groups in total. The molecule has 1 amide bonds. The maximum absolute atomic E-state index is 14.1. The van der Waals surface area contributed by atoms with E-state index >= 15 is 0 Å². The number of fused-ring (bicyclic) bond motifs is 1. The molecular formula is C20H13ClF3N3O3S. The third-order valence-corrected chi connectivity index (χ3v) is 6.59. The fourth-order valence-electron chi connectivity index (χ4n) is 3.13. The standard InChI is InChI=1S/C20H13ClF3N3O3S/c21-14-2-1-3-15(23)19(14)20(28)26-13-6-4-11-10-25-27(17(11)9-13)31(29,30)18-7-5-12(22)8-16(18)24/h1-9,25H,10H2,(H,26,28). The summed E-state index contributed by atoms with van der Waals surface area (Å²) in [6.07, 6.45) is 0. The maximum atomic E-state index is 14.1. The van der Waals surface area contributed by atoms with E-state index in [9.17, 15) is 26.4 Å². The van der Waals surface area contributed by atoms with E-state index in [0.717, 1.165) is 22.6 Å². The lowest BCUT2D eigenvalue weighted by Crippen LogP contribution is -2.38. The van der Waals surface area contributed by atoms with Crippen molar-refractivity contribution >= 4 is 38.9 Å². The Hall–Kier alpha value is -3.08. The number of hydrazine groups is 1. The van der Waals surface area contributed by atoms with Crippen molar-refractivity contribution in [2.75, 3.05) is 9.73 Å². The molecule has 1 heterocycles. The zero-order chi connectivity index (χ0) is 22.3. The SMILES string of the molecule is O=C(Nc1ccc2c(c1)N(S(=O)(=O)c1ccc(F)cc1F)NC2)c1c(F)cccc1Cl.